The largest absolute Gasteiger partial charge is 0.454 e. The Kier molecular flexibility index (Phi) is 5.61. The normalized spacial score (nSPS) is 10.8. The van der Waals surface area contributed by atoms with Crippen LogP contribution < -0.4 is 10.1 Å². The number of nitrogens with zero attached hydrogens (tertiary/aromatic N) is 2. The van der Waals surface area contributed by atoms with Gasteiger partial charge >= 0.3 is 0 Å². The molecular weight excluding hydrogens is 318 g/mol. The van der Waals surface area contributed by atoms with Gasteiger partial charge in [0.05, 0.1) is 12.4 Å². The molecule has 0 bridgehead atoms. The monoisotopic (exact) mass is 337 g/mol. The van der Waals surface area contributed by atoms with E-state index in [1.54, 1.807) is 6.20 Å². The van der Waals surface area contributed by atoms with Crippen LogP contribution in [0, 0.1) is 0 Å². The molecule has 0 aliphatic heterocycles. The summed E-state index contributed by atoms with van der Waals surface area (Å²) in [5, 5.41) is 7.56. The van der Waals surface area contributed by atoms with Crippen LogP contribution in [0.5, 0.6) is 11.5 Å². The molecule has 0 amide bonds. The van der Waals surface area contributed by atoms with Gasteiger partial charge in [0.25, 0.3) is 0 Å². The zero-order valence-electron chi connectivity index (χ0n) is 11.9. The predicted molar refractivity (Wildman–Crippen MR) is 84.1 cm³/mol. The summed E-state index contributed by atoms with van der Waals surface area (Å²) in [5.74, 6) is 1.58. The molecule has 1 aromatic heterocycles. The number of halogens is 1. The first-order chi connectivity index (χ1) is 9.72. The van der Waals surface area contributed by atoms with Crippen molar-refractivity contribution in [2.75, 3.05) is 6.54 Å². The Morgan fingerprint density at radius 2 is 2.15 bits per heavy atom. The Bertz CT molecular complexity index is 554. The standard InChI is InChI=1S/C15H20BrN3O/c1-3-7-19-11-14(10-18-19)20-13-6-5-12(9-17-4-2)15(16)8-13/h5-6,8,10-11,17H,3-4,7,9H2,1-2H3. The molecule has 0 saturated carbocycles. The van der Waals surface area contributed by atoms with Gasteiger partial charge in [0.15, 0.2) is 5.75 Å². The smallest absolute Gasteiger partial charge is 0.165 e. The fourth-order valence-corrected chi connectivity index (χ4v) is 2.38. The highest BCUT2D eigenvalue weighted by atomic mass is 79.9. The zero-order valence-corrected chi connectivity index (χ0v) is 13.5. The Hall–Kier alpha value is -1.33. The van der Waals surface area contributed by atoms with Crippen LogP contribution in [0.2, 0.25) is 0 Å². The lowest BCUT2D eigenvalue weighted by molar-refractivity contribution is 0.480. The van der Waals surface area contributed by atoms with Gasteiger partial charge in [0, 0.05) is 17.6 Å². The lowest BCUT2D eigenvalue weighted by Crippen LogP contribution is -2.11. The van der Waals surface area contributed by atoms with Crippen molar-refractivity contribution in [3.63, 3.8) is 0 Å². The summed E-state index contributed by atoms with van der Waals surface area (Å²) in [6.07, 6.45) is 4.73. The van der Waals surface area contributed by atoms with Crippen LogP contribution in [0.1, 0.15) is 25.8 Å². The Balaban J connectivity index is 2.03. The van der Waals surface area contributed by atoms with Crippen molar-refractivity contribution in [1.82, 2.24) is 15.1 Å². The molecule has 1 aromatic carbocycles. The van der Waals surface area contributed by atoms with Gasteiger partial charge in [0.2, 0.25) is 0 Å². The van der Waals surface area contributed by atoms with Crippen molar-refractivity contribution in [1.29, 1.82) is 0 Å². The van der Waals surface area contributed by atoms with Gasteiger partial charge < -0.3 is 10.1 Å². The molecule has 0 unspecified atom stereocenters. The SMILES string of the molecule is CCCn1cc(Oc2ccc(CNCC)c(Br)c2)cn1. The molecule has 20 heavy (non-hydrogen) atoms. The molecule has 0 atom stereocenters. The van der Waals surface area contributed by atoms with Gasteiger partial charge in [-0.25, -0.2) is 0 Å². The third kappa shape index (κ3) is 4.08. The van der Waals surface area contributed by atoms with Crippen molar-refractivity contribution in [3.05, 3.63) is 40.6 Å². The maximum Gasteiger partial charge on any atom is 0.165 e. The molecule has 0 aliphatic rings. The van der Waals surface area contributed by atoms with Crippen LogP contribution in [0.4, 0.5) is 0 Å². The van der Waals surface area contributed by atoms with Crippen LogP contribution in [-0.4, -0.2) is 16.3 Å². The van der Waals surface area contributed by atoms with E-state index in [0.717, 1.165) is 42.0 Å². The van der Waals surface area contributed by atoms with Crippen molar-refractivity contribution >= 4 is 15.9 Å². The second kappa shape index (κ2) is 7.45. The maximum absolute atomic E-state index is 5.81. The first-order valence-corrected chi connectivity index (χ1v) is 7.71. The Morgan fingerprint density at radius 3 is 2.85 bits per heavy atom. The van der Waals surface area contributed by atoms with Gasteiger partial charge in [-0.05, 0) is 30.7 Å². The average molecular weight is 338 g/mol. The molecule has 4 nitrogen and oxygen atoms in total. The van der Waals surface area contributed by atoms with E-state index >= 15 is 0 Å². The van der Waals surface area contributed by atoms with Crippen molar-refractivity contribution in [3.8, 4) is 11.5 Å². The van der Waals surface area contributed by atoms with Crippen LogP contribution in [-0.2, 0) is 13.1 Å². The highest BCUT2D eigenvalue weighted by Gasteiger charge is 2.05. The number of ether oxygens (including phenoxy) is 1. The molecule has 108 valence electrons. The van der Waals surface area contributed by atoms with E-state index < -0.39 is 0 Å². The van der Waals surface area contributed by atoms with Gasteiger partial charge in [-0.1, -0.05) is 35.8 Å². The number of aromatic nitrogens is 2. The van der Waals surface area contributed by atoms with Crippen molar-refractivity contribution in [2.24, 2.45) is 0 Å². The number of nitrogens with one attached hydrogen (secondary N) is 1. The van der Waals surface area contributed by atoms with Crippen molar-refractivity contribution in [2.45, 2.75) is 33.4 Å². The summed E-state index contributed by atoms with van der Waals surface area (Å²) in [6.45, 7) is 6.95. The van der Waals surface area contributed by atoms with E-state index in [9.17, 15) is 0 Å². The minimum absolute atomic E-state index is 0.768. The average Bonchev–Trinajstić information content (AvgIpc) is 2.86. The van der Waals surface area contributed by atoms with Crippen molar-refractivity contribution < 1.29 is 4.74 Å². The second-order valence-electron chi connectivity index (χ2n) is 4.57. The van der Waals surface area contributed by atoms with Gasteiger partial charge in [-0.2, -0.15) is 5.10 Å². The van der Waals surface area contributed by atoms with Gasteiger partial charge in [-0.15, -0.1) is 0 Å². The summed E-state index contributed by atoms with van der Waals surface area (Å²) in [5.41, 5.74) is 1.22. The molecule has 1 heterocycles. The van der Waals surface area contributed by atoms with Crippen LogP contribution in [0.15, 0.2) is 35.1 Å². The zero-order chi connectivity index (χ0) is 14.4. The predicted octanol–water partition coefficient (Wildman–Crippen LogP) is 3.96. The number of benzene rings is 1. The maximum atomic E-state index is 5.81. The molecule has 5 heteroatoms. The van der Waals surface area contributed by atoms with E-state index in [-0.39, 0.29) is 0 Å². The summed E-state index contributed by atoms with van der Waals surface area (Å²) >= 11 is 3.58. The molecule has 0 fully saturated rings. The highest BCUT2D eigenvalue weighted by Crippen LogP contribution is 2.27. The van der Waals surface area contributed by atoms with Crippen LogP contribution in [0.3, 0.4) is 0 Å². The molecule has 0 saturated heterocycles. The van der Waals surface area contributed by atoms with Crippen LogP contribution >= 0.6 is 15.9 Å². The lowest BCUT2D eigenvalue weighted by Gasteiger charge is -2.08. The highest BCUT2D eigenvalue weighted by molar-refractivity contribution is 9.10. The topological polar surface area (TPSA) is 39.1 Å². The quantitative estimate of drug-likeness (QED) is 0.831. The fourth-order valence-electron chi connectivity index (χ4n) is 1.88. The number of hydrogen-bond donors (Lipinski definition) is 1. The van der Waals surface area contributed by atoms with E-state index in [0.29, 0.717) is 0 Å². The molecule has 0 aliphatic carbocycles. The summed E-state index contributed by atoms with van der Waals surface area (Å²) in [7, 11) is 0. The van der Waals surface area contributed by atoms with E-state index in [1.165, 1.54) is 5.56 Å². The lowest BCUT2D eigenvalue weighted by atomic mass is 10.2. The number of rotatable bonds is 7. The number of hydrogen-bond acceptors (Lipinski definition) is 3. The molecule has 2 aromatic rings. The summed E-state index contributed by atoms with van der Waals surface area (Å²) in [6, 6.07) is 6.04. The molecular formula is C15H20BrN3O. The minimum atomic E-state index is 0.768. The van der Waals surface area contributed by atoms with E-state index in [1.807, 2.05) is 23.0 Å². The summed E-state index contributed by atoms with van der Waals surface area (Å²) in [4.78, 5) is 0. The summed E-state index contributed by atoms with van der Waals surface area (Å²) < 4.78 is 8.76. The Labute approximate surface area is 128 Å². The van der Waals surface area contributed by atoms with E-state index in [2.05, 4.69) is 46.3 Å². The second-order valence-corrected chi connectivity index (χ2v) is 5.43. The van der Waals surface area contributed by atoms with Gasteiger partial charge in [-0.3, -0.25) is 4.68 Å². The fraction of sp³-hybridized carbons (Fsp3) is 0.400. The minimum Gasteiger partial charge on any atom is -0.454 e. The third-order valence-corrected chi connectivity index (χ3v) is 3.63. The first kappa shape index (κ1) is 15.1. The van der Waals surface area contributed by atoms with E-state index in [4.69, 9.17) is 4.74 Å². The number of aryl methyl sites for hydroxylation is 1. The third-order valence-electron chi connectivity index (χ3n) is 2.89. The molecule has 2 rings (SSSR count). The van der Waals surface area contributed by atoms with Gasteiger partial charge in [0.1, 0.15) is 5.75 Å². The van der Waals surface area contributed by atoms with Crippen LogP contribution in [0.25, 0.3) is 0 Å². The molecule has 0 spiro atoms. The molecule has 0 radical (unpaired) electrons. The first-order valence-electron chi connectivity index (χ1n) is 6.92. The molecule has 1 N–H and O–H groups in total. The Morgan fingerprint density at radius 1 is 1.30 bits per heavy atom.